The molecule has 0 radical (unpaired) electrons. The number of hydrogen-bond donors (Lipinski definition) is 0. The van der Waals surface area contributed by atoms with Gasteiger partial charge in [-0.25, -0.2) is 4.79 Å². The van der Waals surface area contributed by atoms with Crippen LogP contribution in [-0.4, -0.2) is 45.5 Å². The van der Waals surface area contributed by atoms with Crippen LogP contribution in [0, 0.1) is 5.92 Å². The zero-order chi connectivity index (χ0) is 21.8. The summed E-state index contributed by atoms with van der Waals surface area (Å²) in [7, 11) is -1.17. The lowest BCUT2D eigenvalue weighted by Crippen LogP contribution is -2.67. The molecular formula is C24H31BrO4Si. The third-order valence-corrected chi connectivity index (χ3v) is 11.7. The Kier molecular flexibility index (Phi) is 7.23. The SMILES string of the molecule is COCC(=O)O[C@]1(CO[Si](c2ccccc2)(c2ccccc2)C(C)(C)C)C[C@@H]1CBr. The predicted molar refractivity (Wildman–Crippen MR) is 126 cm³/mol. The number of methoxy groups -OCH3 is 1. The van der Waals surface area contributed by atoms with Gasteiger partial charge >= 0.3 is 5.97 Å². The van der Waals surface area contributed by atoms with Crippen LogP contribution in [0.2, 0.25) is 5.04 Å². The molecule has 1 aliphatic rings. The molecule has 2 aromatic carbocycles. The minimum atomic E-state index is -2.67. The van der Waals surface area contributed by atoms with Crippen LogP contribution >= 0.6 is 15.9 Å². The van der Waals surface area contributed by atoms with Crippen LogP contribution in [0.25, 0.3) is 0 Å². The quantitative estimate of drug-likeness (QED) is 0.303. The van der Waals surface area contributed by atoms with Gasteiger partial charge in [-0.15, -0.1) is 0 Å². The monoisotopic (exact) mass is 490 g/mol. The second-order valence-electron chi connectivity index (χ2n) is 8.98. The molecule has 162 valence electrons. The molecule has 4 nitrogen and oxygen atoms in total. The Morgan fingerprint density at radius 2 is 1.60 bits per heavy atom. The highest BCUT2D eigenvalue weighted by atomic mass is 79.9. The van der Waals surface area contributed by atoms with Crippen molar-refractivity contribution in [3.05, 3.63) is 60.7 Å². The van der Waals surface area contributed by atoms with Crippen LogP contribution in [0.4, 0.5) is 0 Å². The zero-order valence-corrected chi connectivity index (χ0v) is 20.8. The number of benzene rings is 2. The molecule has 1 aliphatic carbocycles. The van der Waals surface area contributed by atoms with E-state index < -0.39 is 13.9 Å². The van der Waals surface area contributed by atoms with Gasteiger partial charge in [-0.1, -0.05) is 97.4 Å². The van der Waals surface area contributed by atoms with E-state index in [4.69, 9.17) is 13.9 Å². The Balaban J connectivity index is 2.00. The lowest BCUT2D eigenvalue weighted by molar-refractivity contribution is -0.158. The number of carbonyl (C=O) groups excluding carboxylic acids is 1. The molecule has 3 rings (SSSR count). The van der Waals surface area contributed by atoms with E-state index >= 15 is 0 Å². The van der Waals surface area contributed by atoms with Gasteiger partial charge in [0.1, 0.15) is 12.2 Å². The molecule has 0 amide bonds. The third kappa shape index (κ3) is 4.57. The van der Waals surface area contributed by atoms with Gasteiger partial charge in [-0.2, -0.15) is 0 Å². The zero-order valence-electron chi connectivity index (χ0n) is 18.2. The van der Waals surface area contributed by atoms with Gasteiger partial charge in [0, 0.05) is 18.4 Å². The van der Waals surface area contributed by atoms with Gasteiger partial charge in [-0.3, -0.25) is 0 Å². The Bertz CT molecular complexity index is 798. The molecule has 0 heterocycles. The average Bonchev–Trinajstić information content (AvgIpc) is 3.42. The molecule has 0 aliphatic heterocycles. The number of rotatable bonds is 9. The number of hydrogen-bond acceptors (Lipinski definition) is 4. The lowest BCUT2D eigenvalue weighted by Gasteiger charge is -2.43. The molecule has 0 aromatic heterocycles. The Labute approximate surface area is 189 Å². The minimum Gasteiger partial charge on any atom is -0.455 e. The van der Waals surface area contributed by atoms with Crippen LogP contribution in [0.5, 0.6) is 0 Å². The molecular weight excluding hydrogens is 460 g/mol. The fourth-order valence-electron chi connectivity index (χ4n) is 4.25. The second kappa shape index (κ2) is 9.35. The van der Waals surface area contributed by atoms with Gasteiger partial charge in [0.05, 0.1) is 6.61 Å². The fraction of sp³-hybridized carbons (Fsp3) is 0.458. The average molecular weight is 491 g/mol. The molecule has 0 bridgehead atoms. The number of halogens is 1. The molecule has 1 fully saturated rings. The van der Waals surface area contributed by atoms with E-state index in [2.05, 4.69) is 85.2 Å². The van der Waals surface area contributed by atoms with Crippen LogP contribution in [0.3, 0.4) is 0 Å². The smallest absolute Gasteiger partial charge is 0.332 e. The number of ether oxygens (including phenoxy) is 2. The summed E-state index contributed by atoms with van der Waals surface area (Å²) in [4.78, 5) is 12.2. The van der Waals surface area contributed by atoms with E-state index in [1.165, 1.54) is 17.5 Å². The molecule has 0 saturated heterocycles. The molecule has 0 N–H and O–H groups in total. The highest BCUT2D eigenvalue weighted by Crippen LogP contribution is 2.49. The minimum absolute atomic E-state index is 0.0457. The largest absolute Gasteiger partial charge is 0.455 e. The van der Waals surface area contributed by atoms with Gasteiger partial charge < -0.3 is 13.9 Å². The van der Waals surface area contributed by atoms with Crippen molar-refractivity contribution in [2.24, 2.45) is 5.92 Å². The van der Waals surface area contributed by atoms with Crippen molar-refractivity contribution < 1.29 is 18.7 Å². The van der Waals surface area contributed by atoms with Gasteiger partial charge in [0.2, 0.25) is 0 Å². The van der Waals surface area contributed by atoms with Crippen LogP contribution < -0.4 is 10.4 Å². The number of carbonyl (C=O) groups is 1. The molecule has 1 saturated carbocycles. The first-order chi connectivity index (χ1) is 14.3. The number of alkyl halides is 1. The van der Waals surface area contributed by atoms with E-state index in [1.807, 2.05) is 12.1 Å². The first-order valence-electron chi connectivity index (χ1n) is 10.3. The van der Waals surface area contributed by atoms with Crippen molar-refractivity contribution in [2.75, 3.05) is 25.7 Å². The van der Waals surface area contributed by atoms with E-state index in [0.29, 0.717) is 6.61 Å². The predicted octanol–water partition coefficient (Wildman–Crippen LogP) is 3.91. The van der Waals surface area contributed by atoms with Gasteiger partial charge in [-0.05, 0) is 21.8 Å². The Morgan fingerprint density at radius 3 is 2.00 bits per heavy atom. The molecule has 0 spiro atoms. The molecule has 0 unspecified atom stereocenters. The summed E-state index contributed by atoms with van der Waals surface area (Å²) in [6.07, 6.45) is 0.798. The van der Waals surface area contributed by atoms with Gasteiger partial charge in [0.15, 0.2) is 0 Å². The van der Waals surface area contributed by atoms with Crippen molar-refractivity contribution >= 4 is 40.6 Å². The summed E-state index contributed by atoms with van der Waals surface area (Å²) < 4.78 is 17.8. The van der Waals surface area contributed by atoms with E-state index in [-0.39, 0.29) is 23.5 Å². The maximum absolute atomic E-state index is 12.2. The topological polar surface area (TPSA) is 44.8 Å². The van der Waals surface area contributed by atoms with Gasteiger partial charge in [0.25, 0.3) is 8.32 Å². The second-order valence-corrected chi connectivity index (χ2v) is 13.9. The summed E-state index contributed by atoms with van der Waals surface area (Å²) in [5, 5.41) is 3.10. The first kappa shape index (κ1) is 23.2. The van der Waals surface area contributed by atoms with E-state index in [9.17, 15) is 4.79 Å². The molecule has 2 atom stereocenters. The van der Waals surface area contributed by atoms with Crippen molar-refractivity contribution in [1.29, 1.82) is 0 Å². The summed E-state index contributed by atoms with van der Waals surface area (Å²) in [6.45, 7) is 7.08. The number of esters is 1. The molecule has 2 aromatic rings. The normalized spacial score (nSPS) is 21.3. The van der Waals surface area contributed by atoms with Crippen molar-refractivity contribution in [3.8, 4) is 0 Å². The van der Waals surface area contributed by atoms with Crippen molar-refractivity contribution in [1.82, 2.24) is 0 Å². The summed E-state index contributed by atoms with van der Waals surface area (Å²) in [5.41, 5.74) is -0.591. The first-order valence-corrected chi connectivity index (χ1v) is 13.3. The lowest BCUT2D eigenvalue weighted by atomic mass is 10.2. The van der Waals surface area contributed by atoms with Crippen molar-refractivity contribution in [3.63, 3.8) is 0 Å². The van der Waals surface area contributed by atoms with E-state index in [0.717, 1.165) is 11.8 Å². The summed E-state index contributed by atoms with van der Waals surface area (Å²) in [6, 6.07) is 21.0. The maximum Gasteiger partial charge on any atom is 0.332 e. The maximum atomic E-state index is 12.2. The Morgan fingerprint density at radius 1 is 1.07 bits per heavy atom. The molecule has 6 heteroatoms. The summed E-state index contributed by atoms with van der Waals surface area (Å²) in [5.74, 6) is -0.0940. The van der Waals surface area contributed by atoms with Crippen LogP contribution in [0.15, 0.2) is 60.7 Å². The molecule has 30 heavy (non-hydrogen) atoms. The van der Waals surface area contributed by atoms with Crippen LogP contribution in [-0.2, 0) is 18.7 Å². The van der Waals surface area contributed by atoms with Crippen LogP contribution in [0.1, 0.15) is 27.2 Å². The highest BCUT2D eigenvalue weighted by molar-refractivity contribution is 9.09. The highest BCUT2D eigenvalue weighted by Gasteiger charge is 2.60. The summed E-state index contributed by atoms with van der Waals surface area (Å²) >= 11 is 3.56. The third-order valence-electron chi connectivity index (χ3n) is 5.89. The standard InChI is InChI=1S/C24H31BrO4Si/c1-23(2,3)30(20-11-7-5-8-12-20,21-13-9-6-10-14-21)28-18-24(15-19(24)16-25)29-22(26)17-27-4/h5-14,19H,15-18H2,1-4H3/t19-,24+/m1/s1. The Hall–Kier alpha value is -1.47. The van der Waals surface area contributed by atoms with Crippen molar-refractivity contribution in [2.45, 2.75) is 37.8 Å². The van der Waals surface area contributed by atoms with E-state index in [1.54, 1.807) is 0 Å². The fourth-order valence-corrected chi connectivity index (χ4v) is 9.69.